The molecule has 4 aromatic rings. The molecule has 0 amide bonds. The first kappa shape index (κ1) is 20.8. The van der Waals surface area contributed by atoms with Gasteiger partial charge in [0, 0.05) is 25.4 Å². The summed E-state index contributed by atoms with van der Waals surface area (Å²) in [6.45, 7) is 5.15. The van der Waals surface area contributed by atoms with Gasteiger partial charge in [-0.15, -0.1) is 5.10 Å². The Kier molecular flexibility index (Phi) is 5.15. The third kappa shape index (κ3) is 3.97. The first-order chi connectivity index (χ1) is 16.0. The van der Waals surface area contributed by atoms with E-state index in [4.69, 9.17) is 4.98 Å². The summed E-state index contributed by atoms with van der Waals surface area (Å²) in [5.41, 5.74) is 4.09. The Bertz CT molecular complexity index is 1350. The van der Waals surface area contributed by atoms with Gasteiger partial charge in [-0.1, -0.05) is 6.07 Å². The zero-order valence-corrected chi connectivity index (χ0v) is 18.5. The summed E-state index contributed by atoms with van der Waals surface area (Å²) in [7, 11) is 0. The van der Waals surface area contributed by atoms with E-state index in [0.29, 0.717) is 25.3 Å². The molecular formula is C24H24N8O. The number of nitriles is 1. The summed E-state index contributed by atoms with van der Waals surface area (Å²) in [6.07, 6.45) is 2.28. The molecule has 166 valence electrons. The quantitative estimate of drug-likeness (QED) is 0.470. The zero-order valence-electron chi connectivity index (χ0n) is 18.5. The highest BCUT2D eigenvalue weighted by atomic mass is 16.3. The maximum Gasteiger partial charge on any atom is 0.153 e. The number of aliphatic hydroxyl groups is 1. The molecule has 33 heavy (non-hydrogen) atoms. The van der Waals surface area contributed by atoms with Gasteiger partial charge in [0.05, 0.1) is 28.2 Å². The highest BCUT2D eigenvalue weighted by Crippen LogP contribution is 2.35. The van der Waals surface area contributed by atoms with Crippen LogP contribution >= 0.6 is 0 Å². The molecule has 0 spiro atoms. The first-order valence-electron chi connectivity index (χ1n) is 10.8. The SMILES string of the molecule is Cc1ccc(Nc2ccc3c(c2)ncn3-c2ccc(CCO)c(N3CC(C)(C#N)C3)n2)nn1. The lowest BCUT2D eigenvalue weighted by atomic mass is 9.83. The van der Waals surface area contributed by atoms with Gasteiger partial charge in [0.2, 0.25) is 0 Å². The van der Waals surface area contributed by atoms with Crippen LogP contribution in [0, 0.1) is 23.7 Å². The van der Waals surface area contributed by atoms with Crippen LogP contribution in [-0.4, -0.2) is 49.5 Å². The van der Waals surface area contributed by atoms with Crippen LogP contribution in [0.1, 0.15) is 18.2 Å². The number of fused-ring (bicyclic) bond motifs is 1. The van der Waals surface area contributed by atoms with Crippen molar-refractivity contribution in [2.24, 2.45) is 5.41 Å². The van der Waals surface area contributed by atoms with Crippen molar-refractivity contribution in [1.82, 2.24) is 24.7 Å². The van der Waals surface area contributed by atoms with E-state index in [0.717, 1.165) is 39.6 Å². The molecule has 9 nitrogen and oxygen atoms in total. The number of imidazole rings is 1. The van der Waals surface area contributed by atoms with Gasteiger partial charge in [-0.05, 0) is 62.2 Å². The summed E-state index contributed by atoms with van der Waals surface area (Å²) < 4.78 is 1.94. The van der Waals surface area contributed by atoms with Gasteiger partial charge in [0.25, 0.3) is 0 Å². The van der Waals surface area contributed by atoms with Crippen LogP contribution in [0.15, 0.2) is 48.8 Å². The highest BCUT2D eigenvalue weighted by Gasteiger charge is 2.40. The lowest BCUT2D eigenvalue weighted by Crippen LogP contribution is -2.54. The monoisotopic (exact) mass is 440 g/mol. The number of benzene rings is 1. The Balaban J connectivity index is 1.45. The molecule has 4 heterocycles. The van der Waals surface area contributed by atoms with Gasteiger partial charge < -0.3 is 15.3 Å². The predicted octanol–water partition coefficient (Wildman–Crippen LogP) is 3.15. The second-order valence-electron chi connectivity index (χ2n) is 8.66. The van der Waals surface area contributed by atoms with E-state index < -0.39 is 0 Å². The molecule has 0 unspecified atom stereocenters. The van der Waals surface area contributed by atoms with Crippen LogP contribution in [0.25, 0.3) is 16.9 Å². The average molecular weight is 441 g/mol. The number of rotatable bonds is 6. The highest BCUT2D eigenvalue weighted by molar-refractivity contribution is 5.82. The Morgan fingerprint density at radius 1 is 1.15 bits per heavy atom. The second kappa shape index (κ2) is 8.15. The number of hydrogen-bond acceptors (Lipinski definition) is 8. The van der Waals surface area contributed by atoms with Crippen LogP contribution in [0.2, 0.25) is 0 Å². The van der Waals surface area contributed by atoms with Crippen molar-refractivity contribution >= 4 is 28.4 Å². The van der Waals surface area contributed by atoms with Crippen molar-refractivity contribution in [2.75, 3.05) is 29.9 Å². The molecule has 0 atom stereocenters. The van der Waals surface area contributed by atoms with Gasteiger partial charge in [0.1, 0.15) is 18.0 Å². The molecule has 3 aromatic heterocycles. The van der Waals surface area contributed by atoms with E-state index in [1.807, 2.05) is 60.9 Å². The summed E-state index contributed by atoms with van der Waals surface area (Å²) in [6, 6.07) is 16.0. The van der Waals surface area contributed by atoms with Crippen LogP contribution in [0.3, 0.4) is 0 Å². The maximum absolute atomic E-state index is 9.48. The number of aliphatic hydroxyl groups excluding tert-OH is 1. The number of aromatic nitrogens is 5. The summed E-state index contributed by atoms with van der Waals surface area (Å²) in [5, 5.41) is 30.3. The first-order valence-corrected chi connectivity index (χ1v) is 10.8. The summed E-state index contributed by atoms with van der Waals surface area (Å²) >= 11 is 0. The number of nitrogens with zero attached hydrogens (tertiary/aromatic N) is 7. The van der Waals surface area contributed by atoms with Crippen molar-refractivity contribution in [3.63, 3.8) is 0 Å². The lowest BCUT2D eigenvalue weighted by molar-refractivity contribution is 0.298. The number of nitrogens with one attached hydrogen (secondary N) is 1. The standard InChI is InChI=1S/C24H24N8O/c1-16-3-7-21(30-29-16)27-18-5-6-20-19(11-18)26-15-32(20)22-8-4-17(9-10-33)23(28-22)31-13-24(2,12-25)14-31/h3-8,11,15,33H,9-10,13-14H2,1-2H3,(H,27,30). The second-order valence-corrected chi connectivity index (χ2v) is 8.66. The maximum atomic E-state index is 9.48. The van der Waals surface area contributed by atoms with Crippen molar-refractivity contribution in [3.05, 3.63) is 60.0 Å². The minimum Gasteiger partial charge on any atom is -0.396 e. The van der Waals surface area contributed by atoms with Crippen molar-refractivity contribution in [1.29, 1.82) is 5.26 Å². The van der Waals surface area contributed by atoms with Crippen LogP contribution in [0.5, 0.6) is 0 Å². The van der Waals surface area contributed by atoms with Crippen LogP contribution in [0.4, 0.5) is 17.3 Å². The van der Waals surface area contributed by atoms with E-state index in [1.54, 1.807) is 6.33 Å². The fourth-order valence-electron chi connectivity index (χ4n) is 4.09. The minimum atomic E-state index is -0.360. The molecule has 1 saturated heterocycles. The smallest absolute Gasteiger partial charge is 0.153 e. The molecule has 0 aliphatic carbocycles. The molecule has 5 rings (SSSR count). The van der Waals surface area contributed by atoms with Gasteiger partial charge in [-0.25, -0.2) is 9.97 Å². The Morgan fingerprint density at radius 3 is 2.73 bits per heavy atom. The van der Waals surface area contributed by atoms with Gasteiger partial charge in [-0.2, -0.15) is 10.4 Å². The van der Waals surface area contributed by atoms with Crippen LogP contribution in [-0.2, 0) is 6.42 Å². The predicted molar refractivity (Wildman–Crippen MR) is 126 cm³/mol. The number of aryl methyl sites for hydroxylation is 1. The van der Waals surface area contributed by atoms with Crippen molar-refractivity contribution < 1.29 is 5.11 Å². The van der Waals surface area contributed by atoms with Crippen LogP contribution < -0.4 is 10.2 Å². The van der Waals surface area contributed by atoms with Crippen molar-refractivity contribution in [2.45, 2.75) is 20.3 Å². The molecule has 1 fully saturated rings. The zero-order chi connectivity index (χ0) is 23.0. The van der Waals surface area contributed by atoms with E-state index in [-0.39, 0.29) is 12.0 Å². The Hall–Kier alpha value is -4.03. The average Bonchev–Trinajstić information content (AvgIpc) is 3.22. The Labute approximate surface area is 191 Å². The lowest BCUT2D eigenvalue weighted by Gasteiger charge is -2.44. The third-order valence-corrected chi connectivity index (χ3v) is 5.84. The molecule has 0 radical (unpaired) electrons. The number of anilines is 3. The molecule has 1 aliphatic heterocycles. The van der Waals surface area contributed by atoms with E-state index in [2.05, 4.69) is 31.5 Å². The van der Waals surface area contributed by atoms with Gasteiger partial charge in [-0.3, -0.25) is 4.57 Å². The molecular weight excluding hydrogens is 416 g/mol. The fraction of sp³-hybridized carbons (Fsp3) is 0.292. The van der Waals surface area contributed by atoms with Crippen molar-refractivity contribution in [3.8, 4) is 11.9 Å². The van der Waals surface area contributed by atoms with E-state index >= 15 is 0 Å². The molecule has 1 aliphatic rings. The summed E-state index contributed by atoms with van der Waals surface area (Å²) in [5.74, 6) is 2.22. The Morgan fingerprint density at radius 2 is 2.00 bits per heavy atom. The largest absolute Gasteiger partial charge is 0.396 e. The van der Waals surface area contributed by atoms with E-state index in [9.17, 15) is 10.4 Å². The normalized spacial score (nSPS) is 14.7. The molecule has 9 heteroatoms. The molecule has 0 bridgehead atoms. The van der Waals surface area contributed by atoms with Gasteiger partial charge in [0.15, 0.2) is 5.82 Å². The molecule has 2 N–H and O–H groups in total. The molecule has 0 saturated carbocycles. The minimum absolute atomic E-state index is 0.0481. The summed E-state index contributed by atoms with van der Waals surface area (Å²) in [4.78, 5) is 11.6. The van der Waals surface area contributed by atoms with Gasteiger partial charge >= 0.3 is 0 Å². The third-order valence-electron chi connectivity index (χ3n) is 5.84. The fourth-order valence-corrected chi connectivity index (χ4v) is 4.09. The number of pyridine rings is 1. The van der Waals surface area contributed by atoms with E-state index in [1.165, 1.54) is 0 Å². The number of hydrogen-bond donors (Lipinski definition) is 2. The topological polar surface area (TPSA) is 116 Å². The molecule has 1 aromatic carbocycles.